The number of hydrogen-bond acceptors (Lipinski definition) is 5. The van der Waals surface area contributed by atoms with E-state index in [0.29, 0.717) is 31.8 Å². The second-order valence-electron chi connectivity index (χ2n) is 11.5. The van der Waals surface area contributed by atoms with Crippen LogP contribution >= 0.6 is 0 Å². The van der Waals surface area contributed by atoms with E-state index < -0.39 is 12.1 Å². The van der Waals surface area contributed by atoms with Crippen LogP contribution in [0.3, 0.4) is 0 Å². The predicted octanol–water partition coefficient (Wildman–Crippen LogP) is 2.97. The average molecular weight is 515 g/mol. The predicted molar refractivity (Wildman–Crippen MR) is 141 cm³/mol. The van der Waals surface area contributed by atoms with E-state index in [4.69, 9.17) is 0 Å². The summed E-state index contributed by atoms with van der Waals surface area (Å²) in [5.41, 5.74) is 0.448. The first kappa shape index (κ1) is 27.7. The summed E-state index contributed by atoms with van der Waals surface area (Å²) in [6.45, 7) is 7.49. The lowest BCUT2D eigenvalue weighted by atomic mass is 9.62. The molecule has 2 amide bonds. The number of rotatable bonds is 7. The van der Waals surface area contributed by atoms with Crippen LogP contribution in [0, 0.1) is 17.2 Å². The van der Waals surface area contributed by atoms with Crippen LogP contribution in [-0.2, 0) is 20.8 Å². The first-order valence-electron chi connectivity index (χ1n) is 14.0. The zero-order chi connectivity index (χ0) is 26.6. The molecule has 4 rings (SSSR count). The van der Waals surface area contributed by atoms with E-state index >= 15 is 0 Å². The molecule has 4 atom stereocenters. The summed E-state index contributed by atoms with van der Waals surface area (Å²) >= 11 is 0. The van der Waals surface area contributed by atoms with Crippen molar-refractivity contribution in [3.05, 3.63) is 35.6 Å². The molecule has 37 heavy (non-hydrogen) atoms. The standard InChI is InChI=1S/C29H43FN4O3/c1-19-18-31-20(2)26(32-19)27(36)33-25(17-22-9-11-24(30)12-10-22)28(37)34-15-13-29(14-16-34,21(3)35)23-7-5-4-6-8-23/h9-12,19-20,23,25-26,31-32H,4-8,13-18H2,1-3H3,(H,33,36)/t19?,20?,25-,26?/m1/s1. The van der Waals surface area contributed by atoms with Gasteiger partial charge in [-0.05, 0) is 70.1 Å². The number of carbonyl (C=O) groups excluding carboxylic acids is 3. The van der Waals surface area contributed by atoms with Gasteiger partial charge >= 0.3 is 0 Å². The Morgan fingerprint density at radius 2 is 1.73 bits per heavy atom. The van der Waals surface area contributed by atoms with Gasteiger partial charge in [0.15, 0.2) is 0 Å². The quantitative estimate of drug-likeness (QED) is 0.521. The van der Waals surface area contributed by atoms with E-state index in [2.05, 4.69) is 16.0 Å². The van der Waals surface area contributed by atoms with Crippen molar-refractivity contribution < 1.29 is 18.8 Å². The molecule has 3 aliphatic rings. The average Bonchev–Trinajstić information content (AvgIpc) is 2.91. The summed E-state index contributed by atoms with van der Waals surface area (Å²) < 4.78 is 13.5. The minimum Gasteiger partial charge on any atom is -0.343 e. The molecule has 204 valence electrons. The molecule has 1 aliphatic carbocycles. The number of ketones is 1. The minimum atomic E-state index is -0.760. The Bertz CT molecular complexity index is 954. The minimum absolute atomic E-state index is 0.0700. The lowest BCUT2D eigenvalue weighted by Gasteiger charge is -2.47. The number of piperazine rings is 1. The summed E-state index contributed by atoms with van der Waals surface area (Å²) in [6, 6.07) is 4.93. The maximum absolute atomic E-state index is 13.8. The highest BCUT2D eigenvalue weighted by Gasteiger charge is 2.46. The third kappa shape index (κ3) is 6.40. The fourth-order valence-corrected chi connectivity index (χ4v) is 6.66. The van der Waals surface area contributed by atoms with Gasteiger partial charge in [-0.2, -0.15) is 0 Å². The number of nitrogens with one attached hydrogen (secondary N) is 3. The van der Waals surface area contributed by atoms with Crippen LogP contribution in [0.5, 0.6) is 0 Å². The Morgan fingerprint density at radius 3 is 2.35 bits per heavy atom. The van der Waals surface area contributed by atoms with Gasteiger partial charge in [-0.15, -0.1) is 0 Å². The molecule has 2 heterocycles. The van der Waals surface area contributed by atoms with Crippen LogP contribution in [0.1, 0.15) is 71.3 Å². The van der Waals surface area contributed by atoms with Gasteiger partial charge in [0.25, 0.3) is 0 Å². The monoisotopic (exact) mass is 514 g/mol. The first-order chi connectivity index (χ1) is 17.7. The lowest BCUT2D eigenvalue weighted by Crippen LogP contribution is -2.65. The fourth-order valence-electron chi connectivity index (χ4n) is 6.66. The molecule has 7 nitrogen and oxygen atoms in total. The number of hydrogen-bond donors (Lipinski definition) is 3. The lowest BCUT2D eigenvalue weighted by molar-refractivity contribution is -0.144. The maximum atomic E-state index is 13.8. The third-order valence-corrected chi connectivity index (χ3v) is 9.02. The molecule has 1 saturated carbocycles. The van der Waals surface area contributed by atoms with Crippen LogP contribution < -0.4 is 16.0 Å². The van der Waals surface area contributed by atoms with Crippen LogP contribution in [0.15, 0.2) is 24.3 Å². The Hall–Kier alpha value is -2.32. The van der Waals surface area contributed by atoms with Crippen molar-refractivity contribution in [2.45, 2.75) is 96.3 Å². The molecule has 0 aromatic heterocycles. The van der Waals surface area contributed by atoms with Crippen molar-refractivity contribution in [1.29, 1.82) is 0 Å². The van der Waals surface area contributed by atoms with Gasteiger partial charge in [0, 0.05) is 43.6 Å². The molecule has 0 bridgehead atoms. The molecule has 0 radical (unpaired) electrons. The summed E-state index contributed by atoms with van der Waals surface area (Å²) in [5, 5.41) is 9.69. The van der Waals surface area contributed by atoms with E-state index in [9.17, 15) is 18.8 Å². The number of nitrogens with zero attached hydrogens (tertiary/aromatic N) is 1. The topological polar surface area (TPSA) is 90.5 Å². The Morgan fingerprint density at radius 1 is 1.08 bits per heavy atom. The van der Waals surface area contributed by atoms with Gasteiger partial charge in [0.05, 0.1) is 0 Å². The maximum Gasteiger partial charge on any atom is 0.245 e. The van der Waals surface area contributed by atoms with Crippen molar-refractivity contribution in [3.8, 4) is 0 Å². The molecule has 3 N–H and O–H groups in total. The number of piperidine rings is 1. The number of benzene rings is 1. The highest BCUT2D eigenvalue weighted by Crippen LogP contribution is 2.46. The molecule has 0 spiro atoms. The Kier molecular flexibility index (Phi) is 9.01. The Balaban J connectivity index is 1.48. The zero-order valence-electron chi connectivity index (χ0n) is 22.5. The molecular weight excluding hydrogens is 471 g/mol. The van der Waals surface area contributed by atoms with E-state index in [1.165, 1.54) is 31.4 Å². The smallest absolute Gasteiger partial charge is 0.245 e. The first-order valence-corrected chi connectivity index (χ1v) is 14.0. The fraction of sp³-hybridized carbons (Fsp3) is 0.690. The van der Waals surface area contributed by atoms with Crippen LogP contribution in [0.25, 0.3) is 0 Å². The van der Waals surface area contributed by atoms with Crippen LogP contribution in [0.2, 0.25) is 0 Å². The van der Waals surface area contributed by atoms with E-state index in [1.54, 1.807) is 19.1 Å². The van der Waals surface area contributed by atoms with E-state index in [1.807, 2.05) is 18.7 Å². The molecule has 1 aromatic carbocycles. The summed E-state index contributed by atoms with van der Waals surface area (Å²) in [7, 11) is 0. The second-order valence-corrected chi connectivity index (χ2v) is 11.5. The van der Waals surface area contributed by atoms with Crippen LogP contribution in [-0.4, -0.2) is 66.3 Å². The zero-order valence-corrected chi connectivity index (χ0v) is 22.5. The summed E-state index contributed by atoms with van der Waals surface area (Å²) in [6.07, 6.45) is 7.42. The third-order valence-electron chi connectivity index (χ3n) is 9.02. The largest absolute Gasteiger partial charge is 0.343 e. The SMILES string of the molecule is CC(=O)C1(C2CCCCC2)CCN(C(=O)[C@@H](Cc2ccc(F)cc2)NC(=O)C2NC(C)CNC2C)CC1. The van der Waals surface area contributed by atoms with Crippen molar-refractivity contribution >= 4 is 17.6 Å². The van der Waals surface area contributed by atoms with Crippen LogP contribution in [0.4, 0.5) is 4.39 Å². The van der Waals surface area contributed by atoms with E-state index in [0.717, 1.165) is 24.9 Å². The molecule has 3 unspecified atom stereocenters. The number of halogens is 1. The van der Waals surface area contributed by atoms with Crippen molar-refractivity contribution in [2.24, 2.45) is 11.3 Å². The molecule has 1 aromatic rings. The van der Waals surface area contributed by atoms with Gasteiger partial charge in [0.1, 0.15) is 23.7 Å². The van der Waals surface area contributed by atoms with Gasteiger partial charge in [-0.3, -0.25) is 14.4 Å². The number of carbonyl (C=O) groups is 3. The van der Waals surface area contributed by atoms with Gasteiger partial charge in [-0.1, -0.05) is 31.4 Å². The van der Waals surface area contributed by atoms with Crippen molar-refractivity contribution in [1.82, 2.24) is 20.9 Å². The molecule has 2 aliphatic heterocycles. The number of Topliss-reactive ketones (excluding diaryl/α,β-unsaturated/α-hetero) is 1. The molecule has 3 fully saturated rings. The second kappa shape index (κ2) is 12.0. The van der Waals surface area contributed by atoms with Crippen molar-refractivity contribution in [3.63, 3.8) is 0 Å². The highest BCUT2D eigenvalue weighted by atomic mass is 19.1. The van der Waals surface area contributed by atoms with E-state index in [-0.39, 0.29) is 47.3 Å². The summed E-state index contributed by atoms with van der Waals surface area (Å²) in [5.74, 6) is -0.0387. The molecule has 8 heteroatoms. The number of likely N-dealkylation sites (tertiary alicyclic amines) is 1. The van der Waals surface area contributed by atoms with Gasteiger partial charge < -0.3 is 20.9 Å². The molecule has 2 saturated heterocycles. The normalized spacial score (nSPS) is 27.4. The van der Waals surface area contributed by atoms with Gasteiger partial charge in [0.2, 0.25) is 11.8 Å². The number of amides is 2. The van der Waals surface area contributed by atoms with Crippen molar-refractivity contribution in [2.75, 3.05) is 19.6 Å². The molecular formula is C29H43FN4O3. The summed E-state index contributed by atoms with van der Waals surface area (Å²) in [4.78, 5) is 41.8. The highest BCUT2D eigenvalue weighted by molar-refractivity contribution is 5.91. The van der Waals surface area contributed by atoms with Gasteiger partial charge in [-0.25, -0.2) is 4.39 Å². The Labute approximate surface area is 220 Å².